The van der Waals surface area contributed by atoms with Gasteiger partial charge in [-0.3, -0.25) is 0 Å². The maximum atomic E-state index is 12.2. The van der Waals surface area contributed by atoms with Crippen LogP contribution >= 0.6 is 0 Å². The van der Waals surface area contributed by atoms with Gasteiger partial charge in [0.15, 0.2) is 0 Å². The third-order valence-electron chi connectivity index (χ3n) is 1.47. The molecule has 1 rings (SSSR count). The molecule has 1 aromatic carbocycles. The molecule has 4 heteroatoms. The first kappa shape index (κ1) is 9.15. The number of halogens is 2. The van der Waals surface area contributed by atoms with Crippen molar-refractivity contribution >= 4 is 0 Å². The highest BCUT2D eigenvalue weighted by atomic mass is 19.3. The highest BCUT2D eigenvalue weighted by molar-refractivity contribution is 5.42. The van der Waals surface area contributed by atoms with Crippen molar-refractivity contribution in [3.63, 3.8) is 0 Å². The van der Waals surface area contributed by atoms with Crippen molar-refractivity contribution in [2.24, 2.45) is 0 Å². The van der Waals surface area contributed by atoms with Gasteiger partial charge in [0.05, 0.1) is 23.3 Å². The third kappa shape index (κ3) is 2.00. The number of nitriles is 2. The fraction of sp³-hybridized carbons (Fsp3) is 0.111. The van der Waals surface area contributed by atoms with Crippen LogP contribution in [0.5, 0.6) is 0 Å². The summed E-state index contributed by atoms with van der Waals surface area (Å²) in [5.41, 5.74) is -0.140. The predicted molar refractivity (Wildman–Crippen MR) is 40.8 cm³/mol. The predicted octanol–water partition coefficient (Wildman–Crippen LogP) is 2.37. The van der Waals surface area contributed by atoms with Gasteiger partial charge in [0.25, 0.3) is 6.43 Å². The van der Waals surface area contributed by atoms with Crippen molar-refractivity contribution in [3.05, 3.63) is 34.9 Å². The fourth-order valence-corrected chi connectivity index (χ4v) is 0.907. The van der Waals surface area contributed by atoms with Gasteiger partial charge in [-0.15, -0.1) is 0 Å². The molecule has 0 heterocycles. The molecule has 0 unspecified atom stereocenters. The van der Waals surface area contributed by atoms with E-state index in [0.717, 1.165) is 12.1 Å². The third-order valence-corrected chi connectivity index (χ3v) is 1.47. The summed E-state index contributed by atoms with van der Waals surface area (Å²) < 4.78 is 24.4. The average Bonchev–Trinajstić information content (AvgIpc) is 2.16. The summed E-state index contributed by atoms with van der Waals surface area (Å²) >= 11 is 0. The molecular formula is C9H4F2N2. The Bertz CT molecular complexity index is 367. The van der Waals surface area contributed by atoms with Crippen LogP contribution in [0.4, 0.5) is 8.78 Å². The van der Waals surface area contributed by atoms with Crippen LogP contribution in [0.15, 0.2) is 18.2 Å². The Morgan fingerprint density at radius 2 is 1.46 bits per heavy atom. The van der Waals surface area contributed by atoms with Crippen molar-refractivity contribution in [1.29, 1.82) is 10.5 Å². The minimum atomic E-state index is -2.65. The first-order valence-electron chi connectivity index (χ1n) is 3.40. The van der Waals surface area contributed by atoms with Crippen molar-refractivity contribution in [3.8, 4) is 12.1 Å². The fourth-order valence-electron chi connectivity index (χ4n) is 0.907. The number of hydrogen-bond acceptors (Lipinski definition) is 2. The lowest BCUT2D eigenvalue weighted by atomic mass is 10.1. The molecule has 2 nitrogen and oxygen atoms in total. The standard InChI is InChI=1S/C9H4F2N2/c10-9(11)8-2-6(4-12)1-7(3-8)5-13/h1-3,9H. The Morgan fingerprint density at radius 3 is 1.77 bits per heavy atom. The van der Waals surface area contributed by atoms with Crippen molar-refractivity contribution in [2.45, 2.75) is 6.43 Å². The van der Waals surface area contributed by atoms with E-state index in [-0.39, 0.29) is 16.7 Å². The zero-order valence-electron chi connectivity index (χ0n) is 6.46. The van der Waals surface area contributed by atoms with E-state index in [4.69, 9.17) is 10.5 Å². The second-order valence-electron chi connectivity index (χ2n) is 2.37. The zero-order valence-corrected chi connectivity index (χ0v) is 6.46. The van der Waals surface area contributed by atoms with Gasteiger partial charge in [-0.1, -0.05) is 0 Å². The summed E-state index contributed by atoms with van der Waals surface area (Å²) in [6.07, 6.45) is -2.65. The minimum absolute atomic E-state index is 0.0781. The lowest BCUT2D eigenvalue weighted by Gasteiger charge is -1.99. The second kappa shape index (κ2) is 3.64. The zero-order chi connectivity index (χ0) is 9.84. The van der Waals surface area contributed by atoms with Crippen molar-refractivity contribution in [1.82, 2.24) is 0 Å². The molecule has 0 fully saturated rings. The van der Waals surface area contributed by atoms with Gasteiger partial charge < -0.3 is 0 Å². The summed E-state index contributed by atoms with van der Waals surface area (Å²) in [5.74, 6) is 0. The van der Waals surface area contributed by atoms with Gasteiger partial charge in [0.2, 0.25) is 0 Å². The molecular weight excluding hydrogens is 174 g/mol. The van der Waals surface area contributed by atoms with Crippen LogP contribution in [0.3, 0.4) is 0 Å². The lowest BCUT2D eigenvalue weighted by molar-refractivity contribution is 0.151. The van der Waals surface area contributed by atoms with E-state index in [1.807, 2.05) is 0 Å². The Balaban J connectivity index is 3.27. The van der Waals surface area contributed by atoms with Crippen molar-refractivity contribution < 1.29 is 8.78 Å². The van der Waals surface area contributed by atoms with Gasteiger partial charge in [-0.2, -0.15) is 10.5 Å². The molecule has 0 amide bonds. The largest absolute Gasteiger partial charge is 0.263 e. The topological polar surface area (TPSA) is 47.6 Å². The maximum Gasteiger partial charge on any atom is 0.263 e. The monoisotopic (exact) mass is 178 g/mol. The summed E-state index contributed by atoms with van der Waals surface area (Å²) in [5, 5.41) is 16.9. The Labute approximate surface area is 73.6 Å². The normalized spacial score (nSPS) is 9.31. The van der Waals surface area contributed by atoms with Crippen LogP contribution in [-0.2, 0) is 0 Å². The molecule has 13 heavy (non-hydrogen) atoms. The molecule has 0 aliphatic rings. The molecule has 0 saturated carbocycles. The Morgan fingerprint density at radius 1 is 1.00 bits per heavy atom. The van der Waals surface area contributed by atoms with Gasteiger partial charge in [0, 0.05) is 5.56 Å². The van der Waals surface area contributed by atoms with Crippen LogP contribution in [0.1, 0.15) is 23.1 Å². The summed E-state index contributed by atoms with van der Waals surface area (Å²) in [7, 11) is 0. The molecule has 0 bridgehead atoms. The van der Waals surface area contributed by atoms with Crippen LogP contribution in [-0.4, -0.2) is 0 Å². The number of alkyl halides is 2. The molecule has 0 aliphatic carbocycles. The summed E-state index contributed by atoms with van der Waals surface area (Å²) in [4.78, 5) is 0. The van der Waals surface area contributed by atoms with Crippen LogP contribution < -0.4 is 0 Å². The second-order valence-corrected chi connectivity index (χ2v) is 2.37. The Hall–Kier alpha value is -1.94. The summed E-state index contributed by atoms with van der Waals surface area (Å²) in [6, 6.07) is 6.84. The van der Waals surface area contributed by atoms with E-state index in [1.165, 1.54) is 6.07 Å². The Kier molecular flexibility index (Phi) is 2.56. The molecule has 0 aromatic heterocycles. The molecule has 0 spiro atoms. The minimum Gasteiger partial charge on any atom is -0.205 e. The van der Waals surface area contributed by atoms with E-state index in [2.05, 4.69) is 0 Å². The molecule has 0 N–H and O–H groups in total. The van der Waals surface area contributed by atoms with E-state index in [9.17, 15) is 8.78 Å². The number of hydrogen-bond donors (Lipinski definition) is 0. The first-order chi connectivity index (χ1) is 6.17. The highest BCUT2D eigenvalue weighted by Gasteiger charge is 2.09. The summed E-state index contributed by atoms with van der Waals surface area (Å²) in [6.45, 7) is 0. The van der Waals surface area contributed by atoms with E-state index in [0.29, 0.717) is 0 Å². The van der Waals surface area contributed by atoms with E-state index >= 15 is 0 Å². The van der Waals surface area contributed by atoms with Crippen LogP contribution in [0.2, 0.25) is 0 Å². The van der Waals surface area contributed by atoms with Crippen LogP contribution in [0.25, 0.3) is 0 Å². The first-order valence-corrected chi connectivity index (χ1v) is 3.40. The quantitative estimate of drug-likeness (QED) is 0.662. The SMILES string of the molecule is N#Cc1cc(C#N)cc(C(F)F)c1. The molecule has 0 radical (unpaired) electrons. The van der Waals surface area contributed by atoms with Gasteiger partial charge in [-0.25, -0.2) is 8.78 Å². The number of rotatable bonds is 1. The average molecular weight is 178 g/mol. The van der Waals surface area contributed by atoms with E-state index in [1.54, 1.807) is 12.1 Å². The number of nitrogens with zero attached hydrogens (tertiary/aromatic N) is 2. The molecule has 0 atom stereocenters. The van der Waals surface area contributed by atoms with Gasteiger partial charge >= 0.3 is 0 Å². The van der Waals surface area contributed by atoms with E-state index < -0.39 is 6.43 Å². The maximum absolute atomic E-state index is 12.2. The van der Waals surface area contributed by atoms with Crippen LogP contribution in [0, 0.1) is 22.7 Å². The lowest BCUT2D eigenvalue weighted by Crippen LogP contribution is -1.88. The highest BCUT2D eigenvalue weighted by Crippen LogP contribution is 2.20. The number of benzene rings is 1. The smallest absolute Gasteiger partial charge is 0.205 e. The molecule has 0 saturated heterocycles. The molecule has 0 aliphatic heterocycles. The molecule has 1 aromatic rings. The van der Waals surface area contributed by atoms with Gasteiger partial charge in [0.1, 0.15) is 0 Å². The van der Waals surface area contributed by atoms with Gasteiger partial charge in [-0.05, 0) is 18.2 Å². The molecule has 64 valence electrons. The van der Waals surface area contributed by atoms with Crippen molar-refractivity contribution in [2.75, 3.05) is 0 Å².